The van der Waals surface area contributed by atoms with Crippen LogP contribution < -0.4 is 0 Å². The minimum atomic E-state index is -3.74. The predicted molar refractivity (Wildman–Crippen MR) is 47.1 cm³/mol. The Morgan fingerprint density at radius 2 is 1.64 bits per heavy atom. The Kier molecular flexibility index (Phi) is 3.65. The molecule has 0 N–H and O–H groups in total. The Morgan fingerprint density at radius 3 is 1.86 bits per heavy atom. The predicted octanol–water partition coefficient (Wildman–Crippen LogP) is 1.01. The van der Waals surface area contributed by atoms with Crippen LogP contribution in [0.1, 0.15) is 0 Å². The molecule has 0 saturated heterocycles. The first-order valence-electron chi connectivity index (χ1n) is 3.71. The second kappa shape index (κ2) is 3.96. The van der Waals surface area contributed by atoms with Gasteiger partial charge < -0.3 is 4.43 Å². The molecule has 7 nitrogen and oxygen atoms in total. The van der Waals surface area contributed by atoms with Crippen molar-refractivity contribution in [3.05, 3.63) is 20.2 Å². The molecule has 0 spiro atoms. The topological polar surface area (TPSA) is 95.5 Å². The average Bonchev–Trinajstić information content (AvgIpc) is 1.97. The summed E-state index contributed by atoms with van der Waals surface area (Å²) in [6, 6.07) is 0. The summed E-state index contributed by atoms with van der Waals surface area (Å²) < 4.78 is 17.9. The SMILES string of the molecule is C[Si](C)(C)OCC(F)([N+](=O)[O-])[N+](=O)[O-]. The van der Waals surface area contributed by atoms with Crippen molar-refractivity contribution in [1.82, 2.24) is 0 Å². The van der Waals surface area contributed by atoms with E-state index in [0.717, 1.165) is 0 Å². The van der Waals surface area contributed by atoms with Crippen LogP contribution in [0.4, 0.5) is 4.39 Å². The summed E-state index contributed by atoms with van der Waals surface area (Å²) in [5.41, 5.74) is 0. The Balaban J connectivity index is 4.56. The molecule has 0 aliphatic carbocycles. The van der Waals surface area contributed by atoms with E-state index < -0.39 is 30.7 Å². The number of alkyl halides is 1. The van der Waals surface area contributed by atoms with Crippen LogP contribution in [0.5, 0.6) is 0 Å². The standard InChI is InChI=1S/C5H11FN2O5Si/c1-14(2,3)13-4-5(6,7(9)10)8(11)12/h4H2,1-3H3. The fraction of sp³-hybridized carbons (Fsp3) is 1.00. The van der Waals surface area contributed by atoms with Gasteiger partial charge in [-0.25, -0.2) is 0 Å². The lowest BCUT2D eigenvalue weighted by molar-refractivity contribution is -0.832. The highest BCUT2D eigenvalue weighted by Gasteiger charge is 2.58. The molecule has 0 aliphatic rings. The van der Waals surface area contributed by atoms with Crippen molar-refractivity contribution in [2.75, 3.05) is 6.61 Å². The summed E-state index contributed by atoms with van der Waals surface area (Å²) in [4.78, 5) is 17.0. The highest BCUT2D eigenvalue weighted by Crippen LogP contribution is 2.16. The summed E-state index contributed by atoms with van der Waals surface area (Å²) in [5, 5.41) is 20.2. The Morgan fingerprint density at radius 1 is 1.29 bits per heavy atom. The molecule has 0 amide bonds. The monoisotopic (exact) mass is 226 g/mol. The quantitative estimate of drug-likeness (QED) is 0.229. The van der Waals surface area contributed by atoms with Gasteiger partial charge in [0.05, 0.1) is 0 Å². The number of nitrogens with zero attached hydrogens (tertiary/aromatic N) is 2. The second-order valence-corrected chi connectivity index (χ2v) is 8.15. The Hall–Kier alpha value is -1.09. The van der Waals surface area contributed by atoms with Crippen LogP contribution in [0.2, 0.25) is 19.6 Å². The van der Waals surface area contributed by atoms with E-state index in [-0.39, 0.29) is 0 Å². The van der Waals surface area contributed by atoms with E-state index in [1.165, 1.54) is 0 Å². The molecule has 0 aromatic rings. The van der Waals surface area contributed by atoms with Crippen LogP contribution >= 0.6 is 0 Å². The molecule has 9 heteroatoms. The van der Waals surface area contributed by atoms with E-state index in [1.54, 1.807) is 19.6 Å². The number of nitro groups is 2. The van der Waals surface area contributed by atoms with Crippen molar-refractivity contribution in [3.63, 3.8) is 0 Å². The molecule has 0 radical (unpaired) electrons. The lowest BCUT2D eigenvalue weighted by atomic mass is 10.5. The maximum absolute atomic E-state index is 13.1. The molecule has 0 saturated carbocycles. The van der Waals surface area contributed by atoms with Gasteiger partial charge in [-0.3, -0.25) is 20.2 Å². The fourth-order valence-corrected chi connectivity index (χ4v) is 1.10. The lowest BCUT2D eigenvalue weighted by Crippen LogP contribution is -2.48. The van der Waals surface area contributed by atoms with Gasteiger partial charge in [-0.2, -0.15) is 0 Å². The van der Waals surface area contributed by atoms with Crippen molar-refractivity contribution in [2.45, 2.75) is 25.6 Å². The third kappa shape index (κ3) is 3.34. The first-order valence-corrected chi connectivity index (χ1v) is 7.12. The Bertz CT molecular complexity index is 239. The molecule has 0 aliphatic heterocycles. The van der Waals surface area contributed by atoms with Crippen LogP contribution in [-0.4, -0.2) is 30.7 Å². The highest BCUT2D eigenvalue weighted by atomic mass is 28.4. The van der Waals surface area contributed by atoms with Crippen molar-refractivity contribution >= 4 is 8.32 Å². The van der Waals surface area contributed by atoms with Gasteiger partial charge in [0.1, 0.15) is 9.85 Å². The molecule has 0 atom stereocenters. The van der Waals surface area contributed by atoms with Crippen LogP contribution in [-0.2, 0) is 4.43 Å². The molecule has 14 heavy (non-hydrogen) atoms. The fourth-order valence-electron chi connectivity index (χ4n) is 0.480. The third-order valence-electron chi connectivity index (χ3n) is 1.25. The van der Waals surface area contributed by atoms with E-state index in [4.69, 9.17) is 4.43 Å². The van der Waals surface area contributed by atoms with Gasteiger partial charge in [0.15, 0.2) is 8.32 Å². The summed E-state index contributed by atoms with van der Waals surface area (Å²) >= 11 is 0. The molecule has 0 heterocycles. The van der Waals surface area contributed by atoms with Gasteiger partial charge in [-0.05, 0) is 19.6 Å². The number of halogens is 1. The van der Waals surface area contributed by atoms with E-state index in [9.17, 15) is 24.6 Å². The maximum Gasteiger partial charge on any atom is 0.636 e. The molecular formula is C5H11FN2O5Si. The number of rotatable bonds is 5. The van der Waals surface area contributed by atoms with Crippen LogP contribution in [0.25, 0.3) is 0 Å². The third-order valence-corrected chi connectivity index (χ3v) is 2.26. The first kappa shape index (κ1) is 12.9. The van der Waals surface area contributed by atoms with Crippen LogP contribution in [0, 0.1) is 20.2 Å². The molecule has 0 rings (SSSR count). The van der Waals surface area contributed by atoms with Gasteiger partial charge >= 0.3 is 5.92 Å². The average molecular weight is 226 g/mol. The van der Waals surface area contributed by atoms with Gasteiger partial charge in [0.25, 0.3) is 0 Å². The van der Waals surface area contributed by atoms with Crippen LogP contribution in [0.15, 0.2) is 0 Å². The molecule has 0 aromatic carbocycles. The van der Waals surface area contributed by atoms with Crippen molar-refractivity contribution < 1.29 is 18.7 Å². The van der Waals surface area contributed by atoms with Gasteiger partial charge in [0.2, 0.25) is 6.61 Å². The lowest BCUT2D eigenvalue weighted by Gasteiger charge is -2.17. The minimum absolute atomic E-state index is 1.15. The second-order valence-electron chi connectivity index (χ2n) is 3.63. The normalized spacial score (nSPS) is 12.6. The molecule has 0 fully saturated rings. The van der Waals surface area contributed by atoms with E-state index in [2.05, 4.69) is 0 Å². The summed E-state index contributed by atoms with van der Waals surface area (Å²) in [6.07, 6.45) is 0. The van der Waals surface area contributed by atoms with Crippen molar-refractivity contribution in [3.8, 4) is 0 Å². The van der Waals surface area contributed by atoms with Crippen molar-refractivity contribution in [1.29, 1.82) is 0 Å². The smallest absolute Gasteiger partial charge is 0.402 e. The molecule has 0 bridgehead atoms. The summed E-state index contributed by atoms with van der Waals surface area (Å²) in [5.74, 6) is -3.74. The molecule has 82 valence electrons. The maximum atomic E-state index is 13.1. The number of hydrogen-bond acceptors (Lipinski definition) is 5. The van der Waals surface area contributed by atoms with Gasteiger partial charge in [0, 0.05) is 0 Å². The highest BCUT2D eigenvalue weighted by molar-refractivity contribution is 6.69. The van der Waals surface area contributed by atoms with Crippen LogP contribution in [0.3, 0.4) is 0 Å². The zero-order valence-electron chi connectivity index (χ0n) is 8.02. The first-order chi connectivity index (χ1) is 6.09. The number of hydrogen-bond donors (Lipinski definition) is 0. The van der Waals surface area contributed by atoms with E-state index >= 15 is 0 Å². The summed E-state index contributed by atoms with van der Waals surface area (Å²) in [6.45, 7) is 3.79. The summed E-state index contributed by atoms with van der Waals surface area (Å²) in [7, 11) is -2.21. The molecule has 0 unspecified atom stereocenters. The zero-order valence-corrected chi connectivity index (χ0v) is 9.02. The van der Waals surface area contributed by atoms with E-state index in [0.29, 0.717) is 0 Å². The molecule has 0 aromatic heterocycles. The van der Waals surface area contributed by atoms with Crippen molar-refractivity contribution in [2.24, 2.45) is 0 Å². The van der Waals surface area contributed by atoms with Gasteiger partial charge in [-0.1, -0.05) is 4.39 Å². The molecular weight excluding hydrogens is 215 g/mol. The van der Waals surface area contributed by atoms with E-state index in [1.807, 2.05) is 0 Å². The van der Waals surface area contributed by atoms with Gasteiger partial charge in [-0.15, -0.1) is 0 Å². The Labute approximate surface area is 80.3 Å². The minimum Gasteiger partial charge on any atom is -0.402 e. The zero-order chi connectivity index (χ0) is 11.6. The largest absolute Gasteiger partial charge is 0.636 e.